The van der Waals surface area contributed by atoms with Gasteiger partial charge in [0.2, 0.25) is 0 Å². The number of nitrogens with zero attached hydrogens (tertiary/aromatic N) is 1. The van der Waals surface area contributed by atoms with Crippen LogP contribution in [0.1, 0.15) is 27.2 Å². The Labute approximate surface area is 101 Å². The van der Waals surface area contributed by atoms with Gasteiger partial charge in [0.1, 0.15) is 0 Å². The van der Waals surface area contributed by atoms with E-state index in [4.69, 9.17) is 0 Å². The molecule has 0 radical (unpaired) electrons. The maximum Gasteiger partial charge on any atom is 0.255 e. The number of carbonyl (C=O) groups is 1. The molecular formula is C14H18N2O. The van der Waals surface area contributed by atoms with Gasteiger partial charge in [0, 0.05) is 30.7 Å². The van der Waals surface area contributed by atoms with Gasteiger partial charge in [-0.3, -0.25) is 4.79 Å². The summed E-state index contributed by atoms with van der Waals surface area (Å²) >= 11 is 0. The van der Waals surface area contributed by atoms with Crippen LogP contribution in [-0.2, 0) is 0 Å². The van der Waals surface area contributed by atoms with Gasteiger partial charge in [-0.1, -0.05) is 12.1 Å². The molecular weight excluding hydrogens is 212 g/mol. The van der Waals surface area contributed by atoms with E-state index >= 15 is 0 Å². The maximum atomic E-state index is 12.2. The van der Waals surface area contributed by atoms with Gasteiger partial charge in [-0.2, -0.15) is 0 Å². The predicted octanol–water partition coefficient (Wildman–Crippen LogP) is 2.79. The summed E-state index contributed by atoms with van der Waals surface area (Å²) in [7, 11) is 3.57. The number of H-pyrrole nitrogens is 1. The zero-order valence-electron chi connectivity index (χ0n) is 11.0. The lowest BCUT2D eigenvalue weighted by Crippen LogP contribution is -2.22. The lowest BCUT2D eigenvalue weighted by molar-refractivity contribution is 0.0829. The predicted molar refractivity (Wildman–Crippen MR) is 70.5 cm³/mol. The van der Waals surface area contributed by atoms with Gasteiger partial charge in [-0.25, -0.2) is 0 Å². The van der Waals surface area contributed by atoms with Crippen molar-refractivity contribution >= 4 is 16.8 Å². The number of rotatable bonds is 1. The van der Waals surface area contributed by atoms with Crippen molar-refractivity contribution in [2.24, 2.45) is 0 Å². The third kappa shape index (κ3) is 1.71. The standard InChI is InChI=1S/C14H18N2O/c1-8-6-7-9(2)13-11(8)12(10(3)15-13)14(17)16(4)5/h6-7,15H,1-5H3. The zero-order chi connectivity index (χ0) is 12.7. The van der Waals surface area contributed by atoms with Crippen LogP contribution >= 0.6 is 0 Å². The van der Waals surface area contributed by atoms with Crippen LogP contribution in [0.4, 0.5) is 0 Å². The molecule has 0 aliphatic heterocycles. The number of aryl methyl sites for hydroxylation is 3. The van der Waals surface area contributed by atoms with Crippen LogP contribution in [0.3, 0.4) is 0 Å². The number of aromatic amines is 1. The molecule has 0 aliphatic rings. The Morgan fingerprint density at radius 2 is 1.71 bits per heavy atom. The molecule has 0 atom stereocenters. The minimum Gasteiger partial charge on any atom is -0.358 e. The average molecular weight is 230 g/mol. The second-order valence-corrected chi connectivity index (χ2v) is 4.77. The Morgan fingerprint density at radius 1 is 1.12 bits per heavy atom. The van der Waals surface area contributed by atoms with E-state index in [1.54, 1.807) is 19.0 Å². The number of nitrogens with one attached hydrogen (secondary N) is 1. The molecule has 0 unspecified atom stereocenters. The van der Waals surface area contributed by atoms with E-state index in [9.17, 15) is 4.79 Å². The molecule has 1 amide bonds. The van der Waals surface area contributed by atoms with E-state index in [2.05, 4.69) is 24.0 Å². The number of carbonyl (C=O) groups excluding carboxylic acids is 1. The summed E-state index contributed by atoms with van der Waals surface area (Å²) < 4.78 is 0. The number of fused-ring (bicyclic) bond motifs is 1. The van der Waals surface area contributed by atoms with Crippen LogP contribution in [0.15, 0.2) is 12.1 Å². The molecule has 90 valence electrons. The van der Waals surface area contributed by atoms with Gasteiger partial charge in [0.15, 0.2) is 0 Å². The Kier molecular flexibility index (Phi) is 2.69. The third-order valence-electron chi connectivity index (χ3n) is 3.18. The van der Waals surface area contributed by atoms with Crippen molar-refractivity contribution in [2.45, 2.75) is 20.8 Å². The molecule has 2 aromatic rings. The summed E-state index contributed by atoms with van der Waals surface area (Å²) in [5.41, 5.74) is 5.13. The number of hydrogen-bond donors (Lipinski definition) is 1. The Hall–Kier alpha value is -1.77. The van der Waals surface area contributed by atoms with Crippen molar-refractivity contribution in [1.29, 1.82) is 0 Å². The van der Waals surface area contributed by atoms with Crippen molar-refractivity contribution in [3.63, 3.8) is 0 Å². The highest BCUT2D eigenvalue weighted by Crippen LogP contribution is 2.28. The molecule has 1 N–H and O–H groups in total. The van der Waals surface area contributed by atoms with Gasteiger partial charge < -0.3 is 9.88 Å². The van der Waals surface area contributed by atoms with Crippen molar-refractivity contribution in [3.05, 3.63) is 34.5 Å². The van der Waals surface area contributed by atoms with E-state index in [-0.39, 0.29) is 5.91 Å². The molecule has 1 aromatic heterocycles. The quantitative estimate of drug-likeness (QED) is 0.803. The van der Waals surface area contributed by atoms with Gasteiger partial charge in [-0.15, -0.1) is 0 Å². The molecule has 1 heterocycles. The van der Waals surface area contributed by atoms with Gasteiger partial charge in [0.05, 0.1) is 5.56 Å². The smallest absolute Gasteiger partial charge is 0.255 e. The van der Waals surface area contributed by atoms with E-state index in [1.807, 2.05) is 13.8 Å². The van der Waals surface area contributed by atoms with Crippen LogP contribution in [0.5, 0.6) is 0 Å². The maximum absolute atomic E-state index is 12.2. The second-order valence-electron chi connectivity index (χ2n) is 4.77. The number of hydrogen-bond acceptors (Lipinski definition) is 1. The van der Waals surface area contributed by atoms with Gasteiger partial charge in [-0.05, 0) is 31.9 Å². The summed E-state index contributed by atoms with van der Waals surface area (Å²) in [5.74, 6) is 0.0578. The number of amides is 1. The molecule has 0 saturated heterocycles. The topological polar surface area (TPSA) is 36.1 Å². The van der Waals surface area contributed by atoms with Gasteiger partial charge in [0.25, 0.3) is 5.91 Å². The lowest BCUT2D eigenvalue weighted by atomic mass is 10.0. The largest absolute Gasteiger partial charge is 0.358 e. The van der Waals surface area contributed by atoms with Crippen molar-refractivity contribution < 1.29 is 4.79 Å². The van der Waals surface area contributed by atoms with E-state index < -0.39 is 0 Å². The second kappa shape index (κ2) is 3.91. The fourth-order valence-corrected chi connectivity index (χ4v) is 2.22. The molecule has 0 bridgehead atoms. The molecule has 0 spiro atoms. The average Bonchev–Trinajstić information content (AvgIpc) is 2.61. The molecule has 2 rings (SSSR count). The molecule has 0 aliphatic carbocycles. The summed E-state index contributed by atoms with van der Waals surface area (Å²) in [6.07, 6.45) is 0. The van der Waals surface area contributed by atoms with Crippen LogP contribution < -0.4 is 0 Å². The Bertz CT molecular complexity index is 594. The fraction of sp³-hybridized carbons (Fsp3) is 0.357. The SMILES string of the molecule is Cc1[nH]c2c(C)ccc(C)c2c1C(=O)N(C)C. The third-order valence-corrected chi connectivity index (χ3v) is 3.18. The summed E-state index contributed by atoms with van der Waals surface area (Å²) in [5, 5.41) is 1.06. The molecule has 0 fully saturated rings. The molecule has 0 saturated carbocycles. The molecule has 1 aromatic carbocycles. The van der Waals surface area contributed by atoms with E-state index in [0.29, 0.717) is 0 Å². The number of aromatic nitrogens is 1. The van der Waals surface area contributed by atoms with Crippen molar-refractivity contribution in [2.75, 3.05) is 14.1 Å². The highest BCUT2D eigenvalue weighted by molar-refractivity contribution is 6.09. The van der Waals surface area contributed by atoms with Crippen molar-refractivity contribution in [1.82, 2.24) is 9.88 Å². The van der Waals surface area contributed by atoms with Crippen LogP contribution in [0.25, 0.3) is 10.9 Å². The van der Waals surface area contributed by atoms with E-state index in [0.717, 1.165) is 27.7 Å². The zero-order valence-corrected chi connectivity index (χ0v) is 11.0. The highest BCUT2D eigenvalue weighted by Gasteiger charge is 2.19. The lowest BCUT2D eigenvalue weighted by Gasteiger charge is -2.11. The number of benzene rings is 1. The minimum atomic E-state index is 0.0578. The molecule has 3 nitrogen and oxygen atoms in total. The minimum absolute atomic E-state index is 0.0578. The first-order chi connectivity index (χ1) is 7.93. The van der Waals surface area contributed by atoms with Crippen LogP contribution in [0.2, 0.25) is 0 Å². The first-order valence-electron chi connectivity index (χ1n) is 5.73. The highest BCUT2D eigenvalue weighted by atomic mass is 16.2. The van der Waals surface area contributed by atoms with Crippen LogP contribution in [0, 0.1) is 20.8 Å². The van der Waals surface area contributed by atoms with Crippen molar-refractivity contribution in [3.8, 4) is 0 Å². The van der Waals surface area contributed by atoms with E-state index in [1.165, 1.54) is 5.56 Å². The normalized spacial score (nSPS) is 10.9. The van der Waals surface area contributed by atoms with Crippen LogP contribution in [-0.4, -0.2) is 29.9 Å². The Balaban J connectivity index is 2.84. The summed E-state index contributed by atoms with van der Waals surface area (Å²) in [6.45, 7) is 6.05. The first-order valence-corrected chi connectivity index (χ1v) is 5.73. The molecule has 17 heavy (non-hydrogen) atoms. The monoisotopic (exact) mass is 230 g/mol. The first kappa shape index (κ1) is 11.7. The Morgan fingerprint density at radius 3 is 2.29 bits per heavy atom. The summed E-state index contributed by atoms with van der Waals surface area (Å²) in [4.78, 5) is 17.2. The summed E-state index contributed by atoms with van der Waals surface area (Å²) in [6, 6.07) is 4.15. The fourth-order valence-electron chi connectivity index (χ4n) is 2.22. The molecule has 3 heteroatoms. The van der Waals surface area contributed by atoms with Gasteiger partial charge >= 0.3 is 0 Å².